The van der Waals surface area contributed by atoms with E-state index in [0.29, 0.717) is 12.8 Å². The Bertz CT molecular complexity index is 4530. The SMILES string of the molecule is O=C1N(c2ccc(Br)cc2)[B-](c2c(F)c(F)c(F)c(F)c2F)(c2c(F)c(F)c(F)c(F)c2F)OC(c2c(F)c(F)c(F)c(F)c2F)=[N+]1C1CCCCC1.O=C1N(c2ccc(Br)cc2)[B-](c2c(F)c(F)c(F)c(F)c2F)(c2c(F)c(F)c(F)c(F)c2F)OC(c2c(F)c(F)c(F)c(F)c2F)=[N+]1C1CCCCC1. The van der Waals surface area contributed by atoms with E-state index in [0.717, 1.165) is 48.5 Å². The van der Waals surface area contributed by atoms with Crippen LogP contribution in [0, 0.1) is 175 Å². The average molecular weight is 1670 g/mol. The third kappa shape index (κ3) is 11.8. The smallest absolute Gasteiger partial charge is 0.458 e. The van der Waals surface area contributed by atoms with Crippen molar-refractivity contribution in [3.8, 4) is 0 Å². The topological polar surface area (TPSA) is 65.1 Å². The molecular weight excluding hydrogens is 1640 g/mol. The van der Waals surface area contributed by atoms with Crippen molar-refractivity contribution < 1.29 is 160 Å². The Morgan fingerprint density at radius 3 is 0.651 bits per heavy atom. The molecule has 2 saturated carbocycles. The van der Waals surface area contributed by atoms with Gasteiger partial charge in [-0.15, -0.1) is 0 Å². The highest BCUT2D eigenvalue weighted by atomic mass is 79.9. The van der Waals surface area contributed by atoms with Crippen LogP contribution in [0.15, 0.2) is 57.5 Å². The third-order valence-corrected chi connectivity index (χ3v) is 19.1. The Hall–Kier alpha value is -9.37. The van der Waals surface area contributed by atoms with Crippen LogP contribution in [0.1, 0.15) is 75.3 Å². The molecule has 0 aromatic heterocycles. The molecule has 0 spiro atoms. The zero-order valence-corrected chi connectivity index (χ0v) is 54.7. The van der Waals surface area contributed by atoms with Gasteiger partial charge in [0.1, 0.15) is 69.7 Å². The standard InChI is InChI=1S/2C32H15BBrF15N2O2/c2*34-10-6-8-12(9-7-10)51-32(52)50(11-4-2-1-3-5-11)31(13-16(35)22(41)28(47)23(42)17(13)36)53-33(51,14-18(37)24(43)29(48)25(44)19(14)38)15-20(39)26(45)30(49)27(46)21(15)40/h2*6-9,11H,1-5H2. The van der Waals surface area contributed by atoms with Crippen LogP contribution in [0.3, 0.4) is 0 Å². The fourth-order valence-corrected chi connectivity index (χ4v) is 13.8. The van der Waals surface area contributed by atoms with Gasteiger partial charge < -0.3 is 18.9 Å². The van der Waals surface area contributed by atoms with Crippen LogP contribution >= 0.6 is 31.9 Å². The molecule has 0 atom stereocenters. The first kappa shape index (κ1) is 77.7. The van der Waals surface area contributed by atoms with Crippen molar-refractivity contribution in [2.75, 3.05) is 9.62 Å². The molecule has 0 bridgehead atoms. The van der Waals surface area contributed by atoms with E-state index in [2.05, 4.69) is 31.9 Å². The molecule has 8 nitrogen and oxygen atoms in total. The lowest BCUT2D eigenvalue weighted by Crippen LogP contribution is -2.81. The summed E-state index contributed by atoms with van der Waals surface area (Å²) in [5.41, 5.74) is -16.9. The number of urea groups is 2. The van der Waals surface area contributed by atoms with Crippen LogP contribution in [-0.4, -0.2) is 58.1 Å². The summed E-state index contributed by atoms with van der Waals surface area (Å²) in [5.74, 6) is -92.3. The van der Waals surface area contributed by atoms with Gasteiger partial charge in [0.2, 0.25) is 11.6 Å². The van der Waals surface area contributed by atoms with Gasteiger partial charge in [-0.25, -0.2) is 141 Å². The summed E-state index contributed by atoms with van der Waals surface area (Å²) >= 11 is 6.01. The summed E-state index contributed by atoms with van der Waals surface area (Å²) in [6.07, 6.45) is 0.866. The van der Waals surface area contributed by atoms with Crippen LogP contribution in [-0.2, 0) is 9.31 Å². The number of carbonyl (C=O) groups is 2. The molecule has 0 unspecified atom stereocenters. The number of nitrogens with zero attached hydrogens (tertiary/aromatic N) is 4. The molecule has 42 heteroatoms. The number of benzene rings is 8. The van der Waals surface area contributed by atoms with Crippen molar-refractivity contribution in [3.05, 3.63) is 243 Å². The number of anilines is 2. The van der Waals surface area contributed by atoms with Gasteiger partial charge in [-0.1, -0.05) is 44.7 Å². The summed E-state index contributed by atoms with van der Waals surface area (Å²) in [7, 11) is 0. The van der Waals surface area contributed by atoms with E-state index in [4.69, 9.17) is 9.31 Å². The molecule has 8 aromatic rings. The molecule has 106 heavy (non-hydrogen) atoms. The van der Waals surface area contributed by atoms with Crippen LogP contribution in [0.25, 0.3) is 0 Å². The second kappa shape index (κ2) is 28.7. The monoisotopic (exact) mass is 1670 g/mol. The Morgan fingerprint density at radius 2 is 0.453 bits per heavy atom. The molecule has 2 fully saturated rings. The number of hydrogen-bond acceptors (Lipinski definition) is 4. The number of hydrogen-bond donors (Lipinski definition) is 0. The second-order valence-corrected chi connectivity index (χ2v) is 25.6. The molecule has 4 amide bonds. The molecule has 560 valence electrons. The summed E-state index contributed by atoms with van der Waals surface area (Å²) in [6, 6.07) is 0.207. The molecule has 12 rings (SSSR count). The predicted molar refractivity (Wildman–Crippen MR) is 316 cm³/mol. The minimum absolute atomic E-state index is 0.120. The second-order valence-electron chi connectivity index (χ2n) is 23.7. The molecule has 0 saturated heterocycles. The summed E-state index contributed by atoms with van der Waals surface area (Å²) in [5, 5.41) is 0. The van der Waals surface area contributed by atoms with Crippen molar-refractivity contribution in [1.29, 1.82) is 0 Å². The largest absolute Gasteiger partial charge is 0.640 e. The fourth-order valence-electron chi connectivity index (χ4n) is 13.3. The summed E-state index contributed by atoms with van der Waals surface area (Å²) in [4.78, 5) is 29.2. The first-order valence-corrected chi connectivity index (χ1v) is 31.7. The molecule has 8 aromatic carbocycles. The first-order chi connectivity index (χ1) is 49.8. The number of rotatable bonds is 10. The quantitative estimate of drug-likeness (QED) is 0.0450. The van der Waals surface area contributed by atoms with Crippen LogP contribution < -0.4 is 31.5 Å². The van der Waals surface area contributed by atoms with E-state index < -0.39 is 268 Å². The normalized spacial score (nSPS) is 16.5. The lowest BCUT2D eigenvalue weighted by molar-refractivity contribution is -0.484. The lowest BCUT2D eigenvalue weighted by atomic mass is 9.38. The van der Waals surface area contributed by atoms with E-state index >= 15 is 87.8 Å². The van der Waals surface area contributed by atoms with Crippen LogP contribution in [0.2, 0.25) is 0 Å². The van der Waals surface area contributed by atoms with Gasteiger partial charge in [-0.2, -0.15) is 9.15 Å². The first-order valence-electron chi connectivity index (χ1n) is 30.1. The predicted octanol–water partition coefficient (Wildman–Crippen LogP) is 17.1. The molecule has 2 aliphatic carbocycles. The Labute approximate surface area is 588 Å². The zero-order valence-electron chi connectivity index (χ0n) is 51.5. The van der Waals surface area contributed by atoms with E-state index in [1.54, 1.807) is 0 Å². The van der Waals surface area contributed by atoms with Crippen molar-refractivity contribution in [2.24, 2.45) is 0 Å². The average Bonchev–Trinajstić information content (AvgIpc) is 0.691. The highest BCUT2D eigenvalue weighted by Gasteiger charge is 2.65. The van der Waals surface area contributed by atoms with Gasteiger partial charge in [0.05, 0.1) is 11.4 Å². The number of amides is 4. The van der Waals surface area contributed by atoms with Gasteiger partial charge >= 0.3 is 25.0 Å². The van der Waals surface area contributed by atoms with Crippen molar-refractivity contribution in [2.45, 2.75) is 76.3 Å². The number of carbonyl (C=O) groups excluding carboxylic acids is 2. The molecule has 0 radical (unpaired) electrons. The Morgan fingerprint density at radius 1 is 0.274 bits per heavy atom. The van der Waals surface area contributed by atoms with Gasteiger partial charge in [0, 0.05) is 8.95 Å². The van der Waals surface area contributed by atoms with E-state index in [-0.39, 0.29) is 79.1 Å². The Kier molecular flexibility index (Phi) is 21.1. The molecule has 2 heterocycles. The fraction of sp³-hybridized carbons (Fsp3) is 0.188. The minimum atomic E-state index is -5.90. The van der Waals surface area contributed by atoms with E-state index in [1.807, 2.05) is 0 Å². The van der Waals surface area contributed by atoms with Crippen molar-refractivity contribution in [1.82, 2.24) is 0 Å². The van der Waals surface area contributed by atoms with Gasteiger partial charge in [0.15, 0.2) is 116 Å². The Balaban J connectivity index is 0.000000212. The minimum Gasteiger partial charge on any atom is -0.640 e. The number of halogens is 32. The molecule has 2 aliphatic heterocycles. The van der Waals surface area contributed by atoms with Crippen molar-refractivity contribution >= 4 is 102 Å². The maximum atomic E-state index is 16.1. The third-order valence-electron chi connectivity index (χ3n) is 18.0. The molecular formula is C64H30B2Br2F30N4O4. The van der Waals surface area contributed by atoms with Crippen molar-refractivity contribution in [3.63, 3.8) is 0 Å². The maximum Gasteiger partial charge on any atom is 0.458 e. The van der Waals surface area contributed by atoms with E-state index in [1.165, 1.54) is 0 Å². The highest BCUT2D eigenvalue weighted by molar-refractivity contribution is 9.10. The molecule has 0 N–H and O–H groups in total. The van der Waals surface area contributed by atoms with Gasteiger partial charge in [-0.3, -0.25) is 0 Å². The zero-order chi connectivity index (χ0) is 78.0. The lowest BCUT2D eigenvalue weighted by Gasteiger charge is -2.50. The maximum absolute atomic E-state index is 16.1. The summed E-state index contributed by atoms with van der Waals surface area (Å²) in [6.45, 7) is -11.8. The summed E-state index contributed by atoms with van der Waals surface area (Å²) < 4.78 is 468. The molecule has 4 aliphatic rings. The van der Waals surface area contributed by atoms with E-state index in [9.17, 15) is 53.5 Å². The van der Waals surface area contributed by atoms with Gasteiger partial charge in [-0.05, 0) is 122 Å². The highest BCUT2D eigenvalue weighted by Crippen LogP contribution is 2.42. The van der Waals surface area contributed by atoms with Crippen LogP contribution in [0.4, 0.5) is 153 Å². The van der Waals surface area contributed by atoms with Crippen LogP contribution in [0.5, 0.6) is 0 Å². The van der Waals surface area contributed by atoms with Gasteiger partial charge in [0.25, 0.3) is 11.8 Å².